The number of hydrogen-bond acceptors (Lipinski definition) is 5. The van der Waals surface area contributed by atoms with Crippen molar-refractivity contribution in [2.24, 2.45) is 0 Å². The van der Waals surface area contributed by atoms with Crippen molar-refractivity contribution in [1.82, 2.24) is 10.3 Å². The van der Waals surface area contributed by atoms with Crippen molar-refractivity contribution < 1.29 is 14.3 Å². The molecule has 0 bridgehead atoms. The number of carboxylic acid groups (broad SMARTS) is 1. The average Bonchev–Trinajstić information content (AvgIpc) is 2.93. The minimum atomic E-state index is -0.962. The predicted octanol–water partition coefficient (Wildman–Crippen LogP) is 2.08. The summed E-state index contributed by atoms with van der Waals surface area (Å²) in [4.78, 5) is 15.2. The molecule has 2 aromatic heterocycles. The summed E-state index contributed by atoms with van der Waals surface area (Å²) in [5.41, 5.74) is 1.27. The zero-order chi connectivity index (χ0) is 13.0. The normalized spacial score (nSPS) is 10.7. The van der Waals surface area contributed by atoms with Gasteiger partial charge in [-0.05, 0) is 13.0 Å². The summed E-state index contributed by atoms with van der Waals surface area (Å²) in [7, 11) is 0. The van der Waals surface area contributed by atoms with E-state index in [1.54, 1.807) is 11.3 Å². The number of rotatable bonds is 6. The smallest absolute Gasteiger partial charge is 0.339 e. The van der Waals surface area contributed by atoms with Crippen molar-refractivity contribution in [2.75, 3.05) is 6.54 Å². The van der Waals surface area contributed by atoms with Gasteiger partial charge in [-0.1, -0.05) is 0 Å². The van der Waals surface area contributed by atoms with Crippen LogP contribution in [0, 0.1) is 6.92 Å². The second-order valence-corrected chi connectivity index (χ2v) is 4.91. The minimum absolute atomic E-state index is 0.215. The first-order valence-electron chi connectivity index (χ1n) is 5.58. The maximum absolute atomic E-state index is 10.8. The lowest BCUT2D eigenvalue weighted by molar-refractivity contribution is 0.0694. The number of hydrogen-bond donors (Lipinski definition) is 2. The van der Waals surface area contributed by atoms with Crippen molar-refractivity contribution >= 4 is 17.3 Å². The Morgan fingerprint density at radius 3 is 3.11 bits per heavy atom. The number of aryl methyl sites for hydroxylation is 1. The average molecular weight is 266 g/mol. The van der Waals surface area contributed by atoms with Crippen LogP contribution in [0.1, 0.15) is 26.8 Å². The van der Waals surface area contributed by atoms with Gasteiger partial charge in [-0.3, -0.25) is 0 Å². The Morgan fingerprint density at radius 1 is 1.61 bits per heavy atom. The zero-order valence-electron chi connectivity index (χ0n) is 9.97. The van der Waals surface area contributed by atoms with Gasteiger partial charge in [-0.25, -0.2) is 9.78 Å². The van der Waals surface area contributed by atoms with E-state index in [-0.39, 0.29) is 5.56 Å². The first kappa shape index (κ1) is 12.8. The molecule has 6 heteroatoms. The molecule has 18 heavy (non-hydrogen) atoms. The van der Waals surface area contributed by atoms with Crippen molar-refractivity contribution in [1.29, 1.82) is 0 Å². The maximum atomic E-state index is 10.8. The molecule has 0 atom stereocenters. The Morgan fingerprint density at radius 2 is 2.44 bits per heavy atom. The Kier molecular flexibility index (Phi) is 4.11. The van der Waals surface area contributed by atoms with E-state index in [0.29, 0.717) is 12.3 Å². The molecule has 0 spiro atoms. The highest BCUT2D eigenvalue weighted by Gasteiger charge is 2.12. The molecule has 2 aromatic rings. The van der Waals surface area contributed by atoms with Gasteiger partial charge in [0.15, 0.2) is 0 Å². The summed E-state index contributed by atoms with van der Waals surface area (Å²) in [6, 6.07) is 1.46. The molecule has 0 aliphatic rings. The van der Waals surface area contributed by atoms with E-state index in [2.05, 4.69) is 10.3 Å². The summed E-state index contributed by atoms with van der Waals surface area (Å²) < 4.78 is 5.13. The molecular weight excluding hydrogens is 252 g/mol. The summed E-state index contributed by atoms with van der Waals surface area (Å²) in [6.07, 6.45) is 2.22. The van der Waals surface area contributed by atoms with Crippen molar-refractivity contribution in [3.8, 4) is 0 Å². The second-order valence-electron chi connectivity index (χ2n) is 3.85. The molecule has 2 heterocycles. The number of carbonyl (C=O) groups is 1. The number of furan rings is 1. The van der Waals surface area contributed by atoms with Crippen molar-refractivity contribution in [2.45, 2.75) is 19.9 Å². The largest absolute Gasteiger partial charge is 0.478 e. The van der Waals surface area contributed by atoms with Crippen LogP contribution < -0.4 is 5.32 Å². The van der Waals surface area contributed by atoms with Gasteiger partial charge in [0.25, 0.3) is 0 Å². The van der Waals surface area contributed by atoms with Gasteiger partial charge in [-0.2, -0.15) is 0 Å². The Hall–Kier alpha value is -1.66. The molecule has 0 radical (unpaired) electrons. The van der Waals surface area contributed by atoms with Gasteiger partial charge in [-0.15, -0.1) is 11.3 Å². The number of nitrogens with one attached hydrogen (secondary N) is 1. The number of nitrogens with zero attached hydrogens (tertiary/aromatic N) is 1. The summed E-state index contributed by atoms with van der Waals surface area (Å²) in [5, 5.41) is 15.1. The van der Waals surface area contributed by atoms with E-state index >= 15 is 0 Å². The van der Waals surface area contributed by atoms with Crippen LogP contribution in [0.15, 0.2) is 22.1 Å². The maximum Gasteiger partial charge on any atom is 0.339 e. The summed E-state index contributed by atoms with van der Waals surface area (Å²) in [6.45, 7) is 3.13. The fraction of sp³-hybridized carbons (Fsp3) is 0.333. The third kappa shape index (κ3) is 3.18. The third-order valence-corrected chi connectivity index (χ3v) is 3.31. The molecule has 2 rings (SSSR count). The zero-order valence-corrected chi connectivity index (χ0v) is 10.8. The molecule has 0 fully saturated rings. The molecule has 96 valence electrons. The molecule has 2 N–H and O–H groups in total. The highest BCUT2D eigenvalue weighted by Crippen LogP contribution is 2.10. The molecule has 0 aliphatic carbocycles. The van der Waals surface area contributed by atoms with E-state index in [1.807, 2.05) is 12.3 Å². The Labute approximate surface area is 108 Å². The number of thiazole rings is 1. The minimum Gasteiger partial charge on any atom is -0.478 e. The molecule has 0 aromatic carbocycles. The van der Waals surface area contributed by atoms with Crippen LogP contribution in [0.4, 0.5) is 0 Å². The molecule has 0 saturated heterocycles. The molecule has 0 aliphatic heterocycles. The third-order valence-electron chi connectivity index (χ3n) is 2.49. The van der Waals surface area contributed by atoms with Gasteiger partial charge in [0, 0.05) is 18.3 Å². The fourth-order valence-corrected chi connectivity index (χ4v) is 2.26. The van der Waals surface area contributed by atoms with Crippen LogP contribution in [-0.2, 0) is 13.0 Å². The van der Waals surface area contributed by atoms with E-state index in [9.17, 15) is 4.79 Å². The first-order chi connectivity index (χ1) is 8.66. The molecule has 0 unspecified atom stereocenters. The first-order valence-corrected chi connectivity index (χ1v) is 6.46. The SMILES string of the molecule is Cc1nc(CCNCc2occc2C(=O)O)cs1. The Bertz CT molecular complexity index is 533. The van der Waals surface area contributed by atoms with Crippen molar-refractivity contribution in [3.05, 3.63) is 39.7 Å². The topological polar surface area (TPSA) is 75.4 Å². The standard InChI is InChI=1S/C12H14N2O3S/c1-8-14-9(7-18-8)2-4-13-6-11-10(12(15)16)3-5-17-11/h3,5,7,13H,2,4,6H2,1H3,(H,15,16). The number of carboxylic acids is 1. The van der Waals surface area contributed by atoms with E-state index in [0.717, 1.165) is 23.7 Å². The van der Waals surface area contributed by atoms with Crippen LogP contribution in [0.25, 0.3) is 0 Å². The lowest BCUT2D eigenvalue weighted by atomic mass is 10.2. The molecule has 5 nitrogen and oxygen atoms in total. The van der Waals surface area contributed by atoms with Gasteiger partial charge in [0.2, 0.25) is 0 Å². The van der Waals surface area contributed by atoms with E-state index in [1.165, 1.54) is 12.3 Å². The van der Waals surface area contributed by atoms with E-state index in [4.69, 9.17) is 9.52 Å². The highest BCUT2D eigenvalue weighted by molar-refractivity contribution is 7.09. The molecule has 0 saturated carbocycles. The van der Waals surface area contributed by atoms with E-state index < -0.39 is 5.97 Å². The summed E-state index contributed by atoms with van der Waals surface area (Å²) >= 11 is 1.63. The second kappa shape index (κ2) is 5.79. The molecule has 0 amide bonds. The summed E-state index contributed by atoms with van der Waals surface area (Å²) in [5.74, 6) is -0.507. The highest BCUT2D eigenvalue weighted by atomic mass is 32.1. The lowest BCUT2D eigenvalue weighted by Crippen LogP contribution is -2.18. The monoisotopic (exact) mass is 266 g/mol. The quantitative estimate of drug-likeness (QED) is 0.783. The Balaban J connectivity index is 1.78. The van der Waals surface area contributed by atoms with Crippen LogP contribution in [0.5, 0.6) is 0 Å². The fourth-order valence-electron chi connectivity index (χ4n) is 1.61. The lowest BCUT2D eigenvalue weighted by Gasteiger charge is -2.02. The number of aromatic nitrogens is 1. The van der Waals surface area contributed by atoms with Gasteiger partial charge in [0.05, 0.1) is 23.5 Å². The van der Waals surface area contributed by atoms with Gasteiger partial charge in [0.1, 0.15) is 11.3 Å². The molecular formula is C12H14N2O3S. The van der Waals surface area contributed by atoms with Crippen LogP contribution in [0.3, 0.4) is 0 Å². The van der Waals surface area contributed by atoms with Gasteiger partial charge < -0.3 is 14.8 Å². The predicted molar refractivity (Wildman–Crippen MR) is 67.9 cm³/mol. The van der Waals surface area contributed by atoms with Gasteiger partial charge >= 0.3 is 5.97 Å². The van der Waals surface area contributed by atoms with Crippen LogP contribution >= 0.6 is 11.3 Å². The van der Waals surface area contributed by atoms with Crippen LogP contribution in [-0.4, -0.2) is 22.6 Å². The van der Waals surface area contributed by atoms with Crippen LogP contribution in [0.2, 0.25) is 0 Å². The van der Waals surface area contributed by atoms with Crippen molar-refractivity contribution in [3.63, 3.8) is 0 Å². The number of aromatic carboxylic acids is 1.